The van der Waals surface area contributed by atoms with Crippen molar-refractivity contribution >= 4 is 0 Å². The lowest BCUT2D eigenvalue weighted by Crippen LogP contribution is -2.43. The number of fused-ring (bicyclic) bond motifs is 1. The van der Waals surface area contributed by atoms with Crippen LogP contribution >= 0.6 is 0 Å². The molecule has 0 saturated carbocycles. The van der Waals surface area contributed by atoms with Gasteiger partial charge in [-0.25, -0.2) is 0 Å². The molecule has 3 rings (SSSR count). The predicted octanol–water partition coefficient (Wildman–Crippen LogP) is 2.52. The van der Waals surface area contributed by atoms with Gasteiger partial charge in [-0.05, 0) is 18.9 Å². The van der Waals surface area contributed by atoms with Crippen LogP contribution in [0.3, 0.4) is 0 Å². The zero-order valence-electron chi connectivity index (χ0n) is 10.9. The highest BCUT2D eigenvalue weighted by Crippen LogP contribution is 2.35. The molecule has 3 unspecified atom stereocenters. The molecule has 0 aliphatic carbocycles. The molecule has 98 valence electrons. The van der Waals surface area contributed by atoms with Crippen LogP contribution in [0.4, 0.5) is 0 Å². The summed E-state index contributed by atoms with van der Waals surface area (Å²) >= 11 is 0. The van der Waals surface area contributed by atoms with Gasteiger partial charge in [0, 0.05) is 30.2 Å². The molecule has 0 spiro atoms. The van der Waals surface area contributed by atoms with E-state index < -0.39 is 0 Å². The van der Waals surface area contributed by atoms with Crippen LogP contribution in [0.1, 0.15) is 31.4 Å². The summed E-state index contributed by atoms with van der Waals surface area (Å²) < 4.78 is 11.3. The summed E-state index contributed by atoms with van der Waals surface area (Å²) in [4.78, 5) is 0. The Kier molecular flexibility index (Phi) is 3.52. The van der Waals surface area contributed by atoms with Crippen molar-refractivity contribution in [1.29, 1.82) is 0 Å². The van der Waals surface area contributed by atoms with Crippen LogP contribution in [0, 0.1) is 5.92 Å². The third-order valence-electron chi connectivity index (χ3n) is 3.90. The average Bonchev–Trinajstić information content (AvgIpc) is 2.43. The third kappa shape index (κ3) is 2.38. The molecule has 1 N–H and O–H groups in total. The minimum absolute atomic E-state index is 0.390. The summed E-state index contributed by atoms with van der Waals surface area (Å²) in [6.07, 6.45) is 2.38. The van der Waals surface area contributed by atoms with Gasteiger partial charge >= 0.3 is 0 Å². The highest BCUT2D eigenvalue weighted by atomic mass is 16.5. The van der Waals surface area contributed by atoms with E-state index in [4.69, 9.17) is 9.47 Å². The topological polar surface area (TPSA) is 30.5 Å². The summed E-state index contributed by atoms with van der Waals surface area (Å²) in [6, 6.07) is 9.24. The summed E-state index contributed by atoms with van der Waals surface area (Å²) in [5.74, 6) is 1.53. The number of para-hydroxylation sites is 1. The van der Waals surface area contributed by atoms with E-state index in [-0.39, 0.29) is 0 Å². The predicted molar refractivity (Wildman–Crippen MR) is 70.8 cm³/mol. The molecule has 0 radical (unpaired) electrons. The molecule has 3 heteroatoms. The molecule has 0 amide bonds. The van der Waals surface area contributed by atoms with Gasteiger partial charge in [-0.3, -0.25) is 0 Å². The Morgan fingerprint density at radius 1 is 1.22 bits per heavy atom. The smallest absolute Gasteiger partial charge is 0.124 e. The van der Waals surface area contributed by atoms with E-state index >= 15 is 0 Å². The lowest BCUT2D eigenvalue weighted by Gasteiger charge is -2.36. The highest BCUT2D eigenvalue weighted by molar-refractivity contribution is 5.38. The number of nitrogens with one attached hydrogen (secondary N) is 1. The minimum Gasteiger partial charge on any atom is -0.493 e. The number of hydrogen-bond acceptors (Lipinski definition) is 3. The molecule has 2 aliphatic rings. The molecular formula is C15H21NO2. The monoisotopic (exact) mass is 247 g/mol. The van der Waals surface area contributed by atoms with Crippen LogP contribution in [-0.4, -0.2) is 25.9 Å². The van der Waals surface area contributed by atoms with Crippen LogP contribution in [0.5, 0.6) is 5.75 Å². The Morgan fingerprint density at radius 2 is 2.11 bits per heavy atom. The number of ether oxygens (including phenoxy) is 2. The molecule has 3 nitrogen and oxygen atoms in total. The van der Waals surface area contributed by atoms with Crippen molar-refractivity contribution in [2.75, 3.05) is 19.8 Å². The maximum absolute atomic E-state index is 5.78. The van der Waals surface area contributed by atoms with Gasteiger partial charge in [0.15, 0.2) is 0 Å². The maximum atomic E-state index is 5.78. The van der Waals surface area contributed by atoms with Crippen molar-refractivity contribution in [1.82, 2.24) is 5.32 Å². The quantitative estimate of drug-likeness (QED) is 0.871. The van der Waals surface area contributed by atoms with Crippen LogP contribution in [0.25, 0.3) is 0 Å². The SMILES string of the molecule is CC1COc2ccccc2C1NC1CCCOC1. The average molecular weight is 247 g/mol. The first kappa shape index (κ1) is 12.0. The maximum Gasteiger partial charge on any atom is 0.124 e. The van der Waals surface area contributed by atoms with Gasteiger partial charge in [-0.1, -0.05) is 25.1 Å². The van der Waals surface area contributed by atoms with Crippen molar-refractivity contribution in [3.05, 3.63) is 29.8 Å². The third-order valence-corrected chi connectivity index (χ3v) is 3.90. The molecule has 0 aromatic heterocycles. The van der Waals surface area contributed by atoms with Gasteiger partial charge in [0.05, 0.1) is 13.2 Å². The summed E-state index contributed by atoms with van der Waals surface area (Å²) in [5.41, 5.74) is 1.29. The second-order valence-electron chi connectivity index (χ2n) is 5.38. The summed E-state index contributed by atoms with van der Waals surface area (Å²) in [5, 5.41) is 3.76. The van der Waals surface area contributed by atoms with Gasteiger partial charge in [0.1, 0.15) is 5.75 Å². The Hall–Kier alpha value is -1.06. The molecule has 2 aliphatic heterocycles. The standard InChI is InChI=1S/C15H21NO2/c1-11-9-18-14-7-3-2-6-13(14)15(11)16-12-5-4-8-17-10-12/h2-3,6-7,11-12,15-16H,4-5,8-10H2,1H3. The van der Waals surface area contributed by atoms with Crippen molar-refractivity contribution in [3.8, 4) is 5.75 Å². The molecular weight excluding hydrogens is 226 g/mol. The molecule has 1 aromatic carbocycles. The van der Waals surface area contributed by atoms with Crippen LogP contribution < -0.4 is 10.1 Å². The zero-order chi connectivity index (χ0) is 12.4. The number of benzene rings is 1. The fraction of sp³-hybridized carbons (Fsp3) is 0.600. The van der Waals surface area contributed by atoms with E-state index in [1.165, 1.54) is 12.0 Å². The fourth-order valence-corrected chi connectivity index (χ4v) is 2.87. The molecule has 18 heavy (non-hydrogen) atoms. The van der Waals surface area contributed by atoms with Gasteiger partial charge in [-0.2, -0.15) is 0 Å². The normalized spacial score (nSPS) is 31.5. The molecule has 0 bridgehead atoms. The van der Waals surface area contributed by atoms with Gasteiger partial charge < -0.3 is 14.8 Å². The van der Waals surface area contributed by atoms with Crippen molar-refractivity contribution < 1.29 is 9.47 Å². The van der Waals surface area contributed by atoms with E-state index in [0.717, 1.165) is 32.0 Å². The molecule has 3 atom stereocenters. The second-order valence-corrected chi connectivity index (χ2v) is 5.38. The van der Waals surface area contributed by atoms with Crippen molar-refractivity contribution in [2.45, 2.75) is 31.8 Å². The van der Waals surface area contributed by atoms with E-state index in [9.17, 15) is 0 Å². The molecule has 1 saturated heterocycles. The van der Waals surface area contributed by atoms with Crippen LogP contribution in [0.2, 0.25) is 0 Å². The van der Waals surface area contributed by atoms with Gasteiger partial charge in [-0.15, -0.1) is 0 Å². The molecule has 1 fully saturated rings. The van der Waals surface area contributed by atoms with E-state index in [1.807, 2.05) is 6.07 Å². The van der Waals surface area contributed by atoms with E-state index in [0.29, 0.717) is 18.0 Å². The number of rotatable bonds is 2. The summed E-state index contributed by atoms with van der Waals surface area (Å²) in [7, 11) is 0. The first-order valence-electron chi connectivity index (χ1n) is 6.90. The first-order chi connectivity index (χ1) is 8.84. The Labute approximate surface area is 108 Å². The van der Waals surface area contributed by atoms with Crippen molar-refractivity contribution in [2.24, 2.45) is 5.92 Å². The van der Waals surface area contributed by atoms with Crippen molar-refractivity contribution in [3.63, 3.8) is 0 Å². The van der Waals surface area contributed by atoms with Gasteiger partial charge in [0.2, 0.25) is 0 Å². The molecule has 1 aromatic rings. The van der Waals surface area contributed by atoms with Crippen LogP contribution in [-0.2, 0) is 4.74 Å². The first-order valence-corrected chi connectivity index (χ1v) is 6.90. The largest absolute Gasteiger partial charge is 0.493 e. The van der Waals surface area contributed by atoms with E-state index in [2.05, 4.69) is 30.4 Å². The van der Waals surface area contributed by atoms with Crippen LogP contribution in [0.15, 0.2) is 24.3 Å². The highest BCUT2D eigenvalue weighted by Gasteiger charge is 2.29. The lowest BCUT2D eigenvalue weighted by molar-refractivity contribution is 0.0586. The van der Waals surface area contributed by atoms with Gasteiger partial charge in [0.25, 0.3) is 0 Å². The van der Waals surface area contributed by atoms with E-state index in [1.54, 1.807) is 0 Å². The Balaban J connectivity index is 1.77. The Morgan fingerprint density at radius 3 is 2.94 bits per heavy atom. The summed E-state index contributed by atoms with van der Waals surface area (Å²) in [6.45, 7) is 4.80. The Bertz CT molecular complexity index is 401. The second kappa shape index (κ2) is 5.29. The lowest BCUT2D eigenvalue weighted by atomic mass is 9.91. The minimum atomic E-state index is 0.390. The molecule has 2 heterocycles. The number of hydrogen-bond donors (Lipinski definition) is 1. The fourth-order valence-electron chi connectivity index (χ4n) is 2.87. The zero-order valence-corrected chi connectivity index (χ0v) is 10.9.